The van der Waals surface area contributed by atoms with E-state index in [1.807, 2.05) is 6.07 Å². The van der Waals surface area contributed by atoms with Gasteiger partial charge in [-0.1, -0.05) is 30.3 Å². The Labute approximate surface area is 122 Å². The van der Waals surface area contributed by atoms with Crippen molar-refractivity contribution in [2.24, 2.45) is 0 Å². The fraction of sp³-hybridized carbons (Fsp3) is 0.625. The minimum Gasteiger partial charge on any atom is -0.390 e. The summed E-state index contributed by atoms with van der Waals surface area (Å²) in [5.41, 5.74) is 1.36. The number of rotatable bonds is 7. The summed E-state index contributed by atoms with van der Waals surface area (Å²) in [5, 5.41) is 13.5. The number of piperazine rings is 1. The summed E-state index contributed by atoms with van der Waals surface area (Å²) in [5.74, 6) is 0. The maximum absolute atomic E-state index is 10.2. The number of hydrogen-bond acceptors (Lipinski definition) is 4. The van der Waals surface area contributed by atoms with Crippen molar-refractivity contribution in [3.63, 3.8) is 0 Å². The van der Waals surface area contributed by atoms with Crippen LogP contribution in [0.3, 0.4) is 0 Å². The van der Waals surface area contributed by atoms with Gasteiger partial charge in [0.1, 0.15) is 0 Å². The first-order valence-corrected chi connectivity index (χ1v) is 7.57. The summed E-state index contributed by atoms with van der Waals surface area (Å²) < 4.78 is 0. The van der Waals surface area contributed by atoms with Crippen LogP contribution >= 0.6 is 0 Å². The molecule has 1 aromatic rings. The van der Waals surface area contributed by atoms with E-state index in [0.29, 0.717) is 0 Å². The van der Waals surface area contributed by atoms with Gasteiger partial charge in [-0.2, -0.15) is 0 Å². The van der Waals surface area contributed by atoms with Crippen LogP contribution in [0.15, 0.2) is 30.3 Å². The molecule has 1 aliphatic heterocycles. The van der Waals surface area contributed by atoms with E-state index in [2.05, 4.69) is 46.4 Å². The molecule has 1 atom stereocenters. The Morgan fingerprint density at radius 1 is 1.25 bits per heavy atom. The molecule has 20 heavy (non-hydrogen) atoms. The van der Waals surface area contributed by atoms with Crippen molar-refractivity contribution in [3.05, 3.63) is 35.9 Å². The molecule has 0 aromatic heterocycles. The Morgan fingerprint density at radius 3 is 2.65 bits per heavy atom. The minimum atomic E-state index is -0.256. The summed E-state index contributed by atoms with van der Waals surface area (Å²) in [4.78, 5) is 4.56. The number of aliphatic hydroxyl groups is 1. The van der Waals surface area contributed by atoms with Gasteiger partial charge >= 0.3 is 0 Å². The quantitative estimate of drug-likeness (QED) is 0.758. The molecule has 0 radical (unpaired) electrons. The number of β-amino-alcohol motifs (C(OH)–C–C–N with tert-alkyl or cyclic N) is 1. The van der Waals surface area contributed by atoms with Crippen LogP contribution < -0.4 is 5.32 Å². The molecule has 0 aliphatic carbocycles. The molecule has 0 spiro atoms. The summed E-state index contributed by atoms with van der Waals surface area (Å²) in [7, 11) is 2.09. The molecular weight excluding hydrogens is 250 g/mol. The van der Waals surface area contributed by atoms with Crippen molar-refractivity contribution in [2.75, 3.05) is 52.9 Å². The predicted octanol–water partition coefficient (Wildman–Crippen LogP) is 0.427. The van der Waals surface area contributed by atoms with E-state index in [4.69, 9.17) is 0 Å². The van der Waals surface area contributed by atoms with Crippen LogP contribution in [-0.2, 0) is 6.42 Å². The zero-order valence-electron chi connectivity index (χ0n) is 12.5. The van der Waals surface area contributed by atoms with Crippen molar-refractivity contribution in [1.82, 2.24) is 15.1 Å². The van der Waals surface area contributed by atoms with E-state index in [-0.39, 0.29) is 6.10 Å². The minimum absolute atomic E-state index is 0.256. The highest BCUT2D eigenvalue weighted by Gasteiger charge is 2.15. The van der Waals surface area contributed by atoms with Gasteiger partial charge in [0.2, 0.25) is 0 Å². The van der Waals surface area contributed by atoms with Gasteiger partial charge in [-0.15, -0.1) is 0 Å². The lowest BCUT2D eigenvalue weighted by Gasteiger charge is -2.30. The molecule has 1 fully saturated rings. The highest BCUT2D eigenvalue weighted by Crippen LogP contribution is 2.02. The van der Waals surface area contributed by atoms with Gasteiger partial charge in [0.25, 0.3) is 0 Å². The molecule has 1 aromatic carbocycles. The highest BCUT2D eigenvalue weighted by atomic mass is 16.3. The smallest absolute Gasteiger partial charge is 0.0793 e. The zero-order valence-corrected chi connectivity index (χ0v) is 12.5. The number of hydrogen-bond donors (Lipinski definition) is 2. The topological polar surface area (TPSA) is 38.7 Å². The Kier molecular flexibility index (Phi) is 6.47. The molecule has 112 valence electrons. The van der Waals surface area contributed by atoms with Gasteiger partial charge in [-0.3, -0.25) is 4.90 Å². The lowest BCUT2D eigenvalue weighted by atomic mass is 10.1. The van der Waals surface area contributed by atoms with Gasteiger partial charge < -0.3 is 15.3 Å². The Hall–Kier alpha value is -0.940. The Bertz CT molecular complexity index is 365. The van der Waals surface area contributed by atoms with Crippen molar-refractivity contribution >= 4 is 0 Å². The number of aliphatic hydroxyl groups excluding tert-OH is 1. The molecule has 2 rings (SSSR count). The van der Waals surface area contributed by atoms with E-state index >= 15 is 0 Å². The molecule has 4 heteroatoms. The molecule has 4 nitrogen and oxygen atoms in total. The predicted molar refractivity (Wildman–Crippen MR) is 83.0 cm³/mol. The van der Waals surface area contributed by atoms with Gasteiger partial charge in [-0.25, -0.2) is 0 Å². The van der Waals surface area contributed by atoms with E-state index < -0.39 is 0 Å². The van der Waals surface area contributed by atoms with Gasteiger partial charge in [-0.05, 0) is 19.0 Å². The Balaban J connectivity index is 1.64. The molecule has 1 heterocycles. The summed E-state index contributed by atoms with van der Waals surface area (Å²) in [6, 6.07) is 10.5. The van der Waals surface area contributed by atoms with Crippen LogP contribution in [0.5, 0.6) is 0 Å². The standard InChI is InChI=1S/C16H27N3O/c1-18(10-7-15-5-3-2-4-6-15)13-16(20)14-19-11-8-17-9-12-19/h2-6,16-17,20H,7-14H2,1H3. The summed E-state index contributed by atoms with van der Waals surface area (Å²) in [6.45, 7) is 6.69. The average molecular weight is 277 g/mol. The number of benzene rings is 1. The molecule has 2 N–H and O–H groups in total. The molecular formula is C16H27N3O. The first kappa shape index (κ1) is 15.4. The van der Waals surface area contributed by atoms with Crippen LogP contribution in [0.25, 0.3) is 0 Å². The lowest BCUT2D eigenvalue weighted by molar-refractivity contribution is 0.0773. The van der Waals surface area contributed by atoms with E-state index in [0.717, 1.165) is 52.2 Å². The third-order valence-electron chi connectivity index (χ3n) is 3.83. The van der Waals surface area contributed by atoms with Crippen LogP contribution in [0.1, 0.15) is 5.56 Å². The number of nitrogens with one attached hydrogen (secondary N) is 1. The second-order valence-corrected chi connectivity index (χ2v) is 5.70. The SMILES string of the molecule is CN(CCc1ccccc1)CC(O)CN1CCNCC1. The number of nitrogens with zero attached hydrogens (tertiary/aromatic N) is 2. The van der Waals surface area contributed by atoms with Crippen molar-refractivity contribution < 1.29 is 5.11 Å². The molecule has 0 bridgehead atoms. The van der Waals surface area contributed by atoms with Gasteiger partial charge in [0.15, 0.2) is 0 Å². The monoisotopic (exact) mass is 277 g/mol. The first-order chi connectivity index (χ1) is 9.74. The molecule has 1 aliphatic rings. The molecule has 0 amide bonds. The third kappa shape index (κ3) is 5.59. The first-order valence-electron chi connectivity index (χ1n) is 7.57. The van der Waals surface area contributed by atoms with E-state index in [1.165, 1.54) is 5.56 Å². The third-order valence-corrected chi connectivity index (χ3v) is 3.83. The maximum atomic E-state index is 10.2. The van der Waals surface area contributed by atoms with Crippen molar-refractivity contribution in [1.29, 1.82) is 0 Å². The van der Waals surface area contributed by atoms with Crippen LogP contribution in [-0.4, -0.2) is 73.9 Å². The second kappa shape index (κ2) is 8.37. The van der Waals surface area contributed by atoms with Gasteiger partial charge in [0, 0.05) is 45.8 Å². The fourth-order valence-corrected chi connectivity index (χ4v) is 2.67. The van der Waals surface area contributed by atoms with Crippen LogP contribution in [0.2, 0.25) is 0 Å². The highest BCUT2D eigenvalue weighted by molar-refractivity contribution is 5.14. The van der Waals surface area contributed by atoms with Crippen molar-refractivity contribution in [2.45, 2.75) is 12.5 Å². The fourth-order valence-electron chi connectivity index (χ4n) is 2.67. The molecule has 1 saturated heterocycles. The van der Waals surface area contributed by atoms with E-state index in [9.17, 15) is 5.11 Å². The lowest BCUT2D eigenvalue weighted by Crippen LogP contribution is -2.48. The average Bonchev–Trinajstić information content (AvgIpc) is 2.47. The molecule has 0 saturated carbocycles. The van der Waals surface area contributed by atoms with Crippen LogP contribution in [0.4, 0.5) is 0 Å². The zero-order chi connectivity index (χ0) is 14.2. The Morgan fingerprint density at radius 2 is 1.95 bits per heavy atom. The summed E-state index contributed by atoms with van der Waals surface area (Å²) >= 11 is 0. The maximum Gasteiger partial charge on any atom is 0.0793 e. The van der Waals surface area contributed by atoms with Crippen LogP contribution in [0, 0.1) is 0 Å². The normalized spacial score (nSPS) is 18.4. The van der Waals surface area contributed by atoms with Crippen molar-refractivity contribution in [3.8, 4) is 0 Å². The second-order valence-electron chi connectivity index (χ2n) is 5.70. The largest absolute Gasteiger partial charge is 0.390 e. The molecule has 1 unspecified atom stereocenters. The summed E-state index contributed by atoms with van der Waals surface area (Å²) in [6.07, 6.45) is 0.784. The van der Waals surface area contributed by atoms with E-state index in [1.54, 1.807) is 0 Å². The van der Waals surface area contributed by atoms with Gasteiger partial charge in [0.05, 0.1) is 6.10 Å². The number of likely N-dealkylation sites (N-methyl/N-ethyl adjacent to an activating group) is 1.